The lowest BCUT2D eigenvalue weighted by atomic mass is 10.1. The van der Waals surface area contributed by atoms with Crippen LogP contribution < -0.4 is 0 Å². The maximum atomic E-state index is 6.36. The van der Waals surface area contributed by atoms with Crippen molar-refractivity contribution in [2.45, 2.75) is 43.2 Å². The molecular formula is C24H30O7. The minimum Gasteiger partial charge on any atom is -0.374 e. The van der Waals surface area contributed by atoms with Crippen molar-refractivity contribution in [2.24, 2.45) is 0 Å². The maximum Gasteiger partial charge on any atom is 0.149 e. The van der Waals surface area contributed by atoms with E-state index in [2.05, 4.69) is 0 Å². The molecule has 2 fully saturated rings. The van der Waals surface area contributed by atoms with Crippen LogP contribution in [0.3, 0.4) is 0 Å². The van der Waals surface area contributed by atoms with Crippen LogP contribution in [0.5, 0.6) is 0 Å². The first-order valence-electron chi connectivity index (χ1n) is 10.4. The summed E-state index contributed by atoms with van der Waals surface area (Å²) in [6.45, 7) is 1.59. The van der Waals surface area contributed by atoms with Gasteiger partial charge in [-0.25, -0.2) is 0 Å². The average molecular weight is 430 g/mol. The van der Waals surface area contributed by atoms with Crippen LogP contribution in [0.15, 0.2) is 60.7 Å². The summed E-state index contributed by atoms with van der Waals surface area (Å²) in [5.41, 5.74) is 1.56. The lowest BCUT2D eigenvalue weighted by molar-refractivity contribution is -0.204. The average Bonchev–Trinajstić information content (AvgIpc) is 3.47. The van der Waals surface area contributed by atoms with Crippen molar-refractivity contribution in [3.05, 3.63) is 71.8 Å². The molecule has 168 valence electrons. The van der Waals surface area contributed by atoms with Gasteiger partial charge < -0.3 is 33.2 Å². The molecule has 5 atom stereocenters. The maximum absolute atomic E-state index is 6.36. The Morgan fingerprint density at radius 2 is 1.32 bits per heavy atom. The largest absolute Gasteiger partial charge is 0.374 e. The topological polar surface area (TPSA) is 67.9 Å². The molecule has 7 nitrogen and oxygen atoms in total. The number of epoxide rings is 1. The second kappa shape index (κ2) is 10.7. The second-order valence-corrected chi connectivity index (χ2v) is 7.76. The number of rotatable bonds is 13. The van der Waals surface area contributed by atoms with Gasteiger partial charge in [-0.2, -0.15) is 0 Å². The van der Waals surface area contributed by atoms with E-state index in [1.54, 1.807) is 14.2 Å². The number of fused-ring (bicyclic) bond motifs is 1. The number of methoxy groups -OCH3 is 2. The Balaban J connectivity index is 1.47. The summed E-state index contributed by atoms with van der Waals surface area (Å²) in [5.74, 6) is 0. The van der Waals surface area contributed by atoms with E-state index >= 15 is 0 Å². The Morgan fingerprint density at radius 3 is 1.94 bits per heavy atom. The van der Waals surface area contributed by atoms with Crippen LogP contribution in [-0.4, -0.2) is 64.4 Å². The van der Waals surface area contributed by atoms with Crippen molar-refractivity contribution in [1.82, 2.24) is 0 Å². The summed E-state index contributed by atoms with van der Waals surface area (Å²) in [5, 5.41) is 0. The van der Waals surface area contributed by atoms with Gasteiger partial charge in [0.1, 0.15) is 43.6 Å². The number of benzene rings is 2. The molecule has 2 aromatic rings. The number of hydrogen-bond acceptors (Lipinski definition) is 7. The van der Waals surface area contributed by atoms with Crippen LogP contribution in [0, 0.1) is 0 Å². The molecule has 1 saturated heterocycles. The van der Waals surface area contributed by atoms with Gasteiger partial charge in [0.25, 0.3) is 0 Å². The first-order chi connectivity index (χ1) is 15.3. The standard InChI is InChI=1S/C24H30O7/c1-25-16-29-20-21(30-17-26-2)23-24(31-23,15-27-13-18-9-5-3-6-10-18)22(20)28-14-19-11-7-4-8-12-19/h3-12,20-23H,13-17H2,1-2H3/t20-,21-,22-,23+,24-/m1/s1. The summed E-state index contributed by atoms with van der Waals surface area (Å²) < 4.78 is 40.8. The number of ether oxygens (including phenoxy) is 7. The molecule has 0 bridgehead atoms. The number of hydrogen-bond donors (Lipinski definition) is 0. The van der Waals surface area contributed by atoms with Gasteiger partial charge in [0.15, 0.2) is 0 Å². The van der Waals surface area contributed by atoms with Crippen molar-refractivity contribution in [3.63, 3.8) is 0 Å². The molecule has 1 saturated carbocycles. The lowest BCUT2D eigenvalue weighted by Crippen LogP contribution is -2.45. The quantitative estimate of drug-likeness (QED) is 0.358. The van der Waals surface area contributed by atoms with Gasteiger partial charge in [-0.3, -0.25) is 0 Å². The van der Waals surface area contributed by atoms with Crippen molar-refractivity contribution in [3.8, 4) is 0 Å². The molecule has 2 aliphatic rings. The van der Waals surface area contributed by atoms with Crippen molar-refractivity contribution >= 4 is 0 Å². The minimum atomic E-state index is -0.625. The van der Waals surface area contributed by atoms with E-state index in [1.165, 1.54) is 0 Å². The van der Waals surface area contributed by atoms with Gasteiger partial charge in [0.2, 0.25) is 0 Å². The fraction of sp³-hybridized carbons (Fsp3) is 0.500. The molecule has 1 aliphatic carbocycles. The summed E-state index contributed by atoms with van der Waals surface area (Å²) in [4.78, 5) is 0. The Labute approximate surface area is 183 Å². The van der Waals surface area contributed by atoms with E-state index in [0.717, 1.165) is 11.1 Å². The molecule has 31 heavy (non-hydrogen) atoms. The highest BCUT2D eigenvalue weighted by atomic mass is 16.7. The molecule has 2 aromatic carbocycles. The van der Waals surface area contributed by atoms with E-state index in [4.69, 9.17) is 33.2 Å². The van der Waals surface area contributed by atoms with Crippen LogP contribution in [-0.2, 0) is 46.4 Å². The predicted molar refractivity (Wildman–Crippen MR) is 112 cm³/mol. The van der Waals surface area contributed by atoms with Gasteiger partial charge in [0, 0.05) is 14.2 Å². The van der Waals surface area contributed by atoms with Crippen molar-refractivity contribution in [1.29, 1.82) is 0 Å². The highest BCUT2D eigenvalue weighted by Gasteiger charge is 2.76. The van der Waals surface area contributed by atoms with Crippen LogP contribution in [0.1, 0.15) is 11.1 Å². The zero-order chi connectivity index (χ0) is 21.5. The summed E-state index contributed by atoms with van der Waals surface area (Å²) in [6.07, 6.45) is -1.26. The van der Waals surface area contributed by atoms with Crippen LogP contribution in [0.25, 0.3) is 0 Å². The van der Waals surface area contributed by atoms with Gasteiger partial charge in [-0.15, -0.1) is 0 Å². The molecule has 0 unspecified atom stereocenters. The summed E-state index contributed by atoms with van der Waals surface area (Å²) in [6, 6.07) is 20.1. The molecule has 0 amide bonds. The molecule has 0 aromatic heterocycles. The Morgan fingerprint density at radius 1 is 0.742 bits per heavy atom. The van der Waals surface area contributed by atoms with Gasteiger partial charge >= 0.3 is 0 Å². The summed E-state index contributed by atoms with van der Waals surface area (Å²) >= 11 is 0. The molecule has 1 aliphatic heterocycles. The fourth-order valence-electron chi connectivity index (χ4n) is 4.15. The molecule has 0 radical (unpaired) electrons. The third kappa shape index (κ3) is 5.15. The zero-order valence-electron chi connectivity index (χ0n) is 18.0. The Kier molecular flexibility index (Phi) is 7.68. The smallest absolute Gasteiger partial charge is 0.149 e. The monoisotopic (exact) mass is 430 g/mol. The van der Waals surface area contributed by atoms with Crippen LogP contribution >= 0.6 is 0 Å². The molecular weight excluding hydrogens is 400 g/mol. The van der Waals surface area contributed by atoms with Crippen LogP contribution in [0.2, 0.25) is 0 Å². The van der Waals surface area contributed by atoms with E-state index in [0.29, 0.717) is 19.8 Å². The SMILES string of the molecule is COCO[C@@H]1[C@@H](OCOC)[C@@H]2O[C@]2(COCc2ccccc2)[C@@H]1OCc1ccccc1. The normalized spacial score (nSPS) is 29.1. The Bertz CT molecular complexity index is 787. The van der Waals surface area contributed by atoms with E-state index < -0.39 is 5.60 Å². The summed E-state index contributed by atoms with van der Waals surface area (Å²) in [7, 11) is 3.18. The zero-order valence-corrected chi connectivity index (χ0v) is 18.0. The van der Waals surface area contributed by atoms with Crippen molar-refractivity contribution < 1.29 is 33.2 Å². The lowest BCUT2D eigenvalue weighted by Gasteiger charge is -2.30. The highest BCUT2D eigenvalue weighted by molar-refractivity contribution is 5.24. The van der Waals surface area contributed by atoms with Gasteiger partial charge in [-0.05, 0) is 11.1 Å². The first-order valence-corrected chi connectivity index (χ1v) is 10.4. The molecule has 1 heterocycles. The minimum absolute atomic E-state index is 0.135. The third-order valence-electron chi connectivity index (χ3n) is 5.64. The first kappa shape index (κ1) is 22.4. The fourth-order valence-corrected chi connectivity index (χ4v) is 4.15. The van der Waals surface area contributed by atoms with E-state index in [9.17, 15) is 0 Å². The highest BCUT2D eigenvalue weighted by Crippen LogP contribution is 2.54. The predicted octanol–water partition coefficient (Wildman–Crippen LogP) is 2.92. The molecule has 4 rings (SSSR count). The second-order valence-electron chi connectivity index (χ2n) is 7.76. The molecule has 0 N–H and O–H groups in total. The van der Waals surface area contributed by atoms with Crippen LogP contribution in [0.4, 0.5) is 0 Å². The van der Waals surface area contributed by atoms with Gasteiger partial charge in [-0.1, -0.05) is 60.7 Å². The molecule has 7 heteroatoms. The van der Waals surface area contributed by atoms with Crippen molar-refractivity contribution in [2.75, 3.05) is 34.4 Å². The Hall–Kier alpha value is -1.84. The van der Waals surface area contributed by atoms with E-state index in [-0.39, 0.29) is 38.0 Å². The molecule has 0 spiro atoms. The van der Waals surface area contributed by atoms with E-state index in [1.807, 2.05) is 60.7 Å². The third-order valence-corrected chi connectivity index (χ3v) is 5.64. The van der Waals surface area contributed by atoms with Gasteiger partial charge in [0.05, 0.1) is 19.8 Å².